The van der Waals surface area contributed by atoms with Crippen LogP contribution in [0.4, 0.5) is 4.79 Å². The highest BCUT2D eigenvalue weighted by molar-refractivity contribution is 8.76. The number of amides is 1. The minimum Gasteiger partial charge on any atom is -0.481 e. The quantitative estimate of drug-likeness (QED) is 0.0340. The van der Waals surface area contributed by atoms with Crippen LogP contribution in [0.3, 0.4) is 0 Å². The summed E-state index contributed by atoms with van der Waals surface area (Å²) in [4.78, 5) is 34.9. The molecule has 0 bridgehead atoms. The van der Waals surface area contributed by atoms with Crippen molar-refractivity contribution in [2.24, 2.45) is 51.8 Å². The molecular formula is C50H84N4O8S2. The number of nitrogens with one attached hydrogen (secondary N) is 1. The minimum atomic E-state index is -0.992. The third-order valence-corrected chi connectivity index (χ3v) is 18.6. The zero-order chi connectivity index (χ0) is 46.2. The van der Waals surface area contributed by atoms with Gasteiger partial charge in [0.2, 0.25) is 0 Å². The van der Waals surface area contributed by atoms with Gasteiger partial charge < -0.3 is 29.4 Å². The highest BCUT2D eigenvalue weighted by Crippen LogP contribution is 2.67. The molecule has 0 aromatic carbocycles. The average molecular weight is 933 g/mol. The maximum Gasteiger partial charge on any atom is 0.407 e. The number of hydrogen-bond acceptors (Lipinski definition) is 11. The third kappa shape index (κ3) is 15.4. The third-order valence-electron chi connectivity index (χ3n) is 15.8. The number of aryl methyl sites for hydroxylation is 1. The van der Waals surface area contributed by atoms with Gasteiger partial charge in [0.25, 0.3) is 0 Å². The summed E-state index contributed by atoms with van der Waals surface area (Å²) in [6.07, 6.45) is 21.3. The fraction of sp³-hybridized carbons (Fsp3) is 0.860. The van der Waals surface area contributed by atoms with E-state index in [2.05, 4.69) is 70.2 Å². The maximum absolute atomic E-state index is 12.8. The number of carboxylic acids is 1. The average Bonchev–Trinajstić information content (AvgIpc) is 3.87. The molecule has 1 amide bonds. The summed E-state index contributed by atoms with van der Waals surface area (Å²) in [5.74, 6) is 5.32. The maximum atomic E-state index is 12.8. The van der Waals surface area contributed by atoms with E-state index in [0.29, 0.717) is 45.0 Å². The Morgan fingerprint density at radius 3 is 2.58 bits per heavy atom. The van der Waals surface area contributed by atoms with Crippen LogP contribution in [0.2, 0.25) is 0 Å². The monoisotopic (exact) mass is 933 g/mol. The van der Waals surface area contributed by atoms with E-state index in [0.717, 1.165) is 104 Å². The van der Waals surface area contributed by atoms with Crippen molar-refractivity contribution < 1.29 is 38.4 Å². The molecule has 5 rings (SSSR count). The molecular weight excluding hydrogens is 849 g/mol. The van der Waals surface area contributed by atoms with Crippen molar-refractivity contribution in [1.29, 1.82) is 0 Å². The second-order valence-corrected chi connectivity index (χ2v) is 23.6. The molecule has 64 heavy (non-hydrogen) atoms. The number of fused-ring (bicyclic) bond motifs is 5. The molecule has 3 fully saturated rings. The predicted molar refractivity (Wildman–Crippen MR) is 257 cm³/mol. The molecule has 0 spiro atoms. The number of nitrogens with zero attached hydrogens (tertiary/aromatic N) is 3. The Balaban J connectivity index is 0.893. The number of hydrogen-bond donors (Lipinski definition) is 2. The normalized spacial score (nSPS) is 27.8. The van der Waals surface area contributed by atoms with Gasteiger partial charge >= 0.3 is 18.0 Å². The molecule has 4 aliphatic carbocycles. The lowest BCUT2D eigenvalue weighted by Gasteiger charge is -2.58. The molecule has 1 unspecified atom stereocenters. The fourth-order valence-electron chi connectivity index (χ4n) is 11.7. The van der Waals surface area contributed by atoms with Gasteiger partial charge in [-0.2, -0.15) is 0 Å². The number of alkyl carbamates (subject to hydrolysis) is 1. The van der Waals surface area contributed by atoms with E-state index in [1.807, 2.05) is 21.7 Å². The minimum absolute atomic E-state index is 0.0649. The van der Waals surface area contributed by atoms with Gasteiger partial charge in [-0.15, -0.1) is 5.10 Å². The van der Waals surface area contributed by atoms with Gasteiger partial charge in [-0.25, -0.2) is 4.79 Å². The first-order chi connectivity index (χ1) is 30.7. The number of rotatable bonds is 29. The zero-order valence-corrected chi connectivity index (χ0v) is 42.2. The first-order valence-electron chi connectivity index (χ1n) is 25.0. The van der Waals surface area contributed by atoms with Crippen LogP contribution in [-0.4, -0.2) is 88.7 Å². The van der Waals surface area contributed by atoms with Gasteiger partial charge in [-0.1, -0.05) is 106 Å². The van der Waals surface area contributed by atoms with Crippen molar-refractivity contribution in [2.75, 3.05) is 44.5 Å². The molecule has 1 aromatic rings. The van der Waals surface area contributed by atoms with Crippen molar-refractivity contribution in [3.05, 3.63) is 23.5 Å². The first kappa shape index (κ1) is 52.7. The van der Waals surface area contributed by atoms with Crippen molar-refractivity contribution >= 4 is 39.6 Å². The molecule has 0 aliphatic heterocycles. The Bertz CT molecular complexity index is 1640. The summed E-state index contributed by atoms with van der Waals surface area (Å²) in [5, 5.41) is 20.1. The van der Waals surface area contributed by atoms with E-state index < -0.39 is 11.9 Å². The highest BCUT2D eigenvalue weighted by Gasteiger charge is 2.59. The number of esters is 1. The van der Waals surface area contributed by atoms with E-state index in [1.54, 1.807) is 16.4 Å². The topological polar surface area (TPSA) is 151 Å². The largest absolute Gasteiger partial charge is 0.481 e. The molecule has 2 N–H and O–H groups in total. The second-order valence-electron chi connectivity index (χ2n) is 21.0. The summed E-state index contributed by atoms with van der Waals surface area (Å²) in [5.41, 5.74) is 3.13. The molecule has 9 atom stereocenters. The van der Waals surface area contributed by atoms with Crippen LogP contribution in [0.15, 0.2) is 17.8 Å². The number of unbranched alkanes of at least 4 members (excludes halogenated alkanes) is 1. The number of ether oxygens (including phenoxy) is 4. The molecule has 12 nitrogen and oxygen atoms in total. The summed E-state index contributed by atoms with van der Waals surface area (Å²) < 4.78 is 24.8. The van der Waals surface area contributed by atoms with Gasteiger partial charge in [-0.05, 0) is 117 Å². The summed E-state index contributed by atoms with van der Waals surface area (Å²) >= 11 is 0. The van der Waals surface area contributed by atoms with E-state index in [1.165, 1.54) is 51.4 Å². The molecule has 0 radical (unpaired) electrons. The standard InChI is InChI=1S/C50H84N4O8S2/c1-8-48(5,35-64-63-30-12-28-61-46(57)20-19-45(55)56)34-60-27-10-9-26-54-32-39(52-53-54)33-59-29-25-51-47(58)62-40-21-23-49(6)38(31-40)15-16-41-43-18-17-42(37(4)14-11-13-36(2)3)50(43,7)24-22-44(41)49/h15,32,36-37,40-44H,8-14,16-31,33-35H2,1-7H3,(H,51,58)(H,55,56)/t37-,40+,41+,42-,43+,44+,48?,49+,50-/m1/s1. The van der Waals surface area contributed by atoms with Crippen molar-refractivity contribution in [1.82, 2.24) is 20.3 Å². The van der Waals surface area contributed by atoms with Crippen LogP contribution < -0.4 is 5.32 Å². The summed E-state index contributed by atoms with van der Waals surface area (Å²) in [6.45, 7) is 20.5. The Kier molecular flexibility index (Phi) is 21.2. The number of aliphatic carboxylic acids is 1. The SMILES string of the molecule is CCC(C)(COCCCCn1cc(COCCNC(=O)O[C@H]2CC[C@@]3(C)C(=CC[C@H]4[C@@H]5CC[C@H]([C@H](C)CCCC(C)C)[C@@]5(C)CC[C@@H]43)C2)nn1)CSSCCCOC(=O)CCC(=O)O. The fourth-order valence-corrected chi connectivity index (χ4v) is 14.6. The summed E-state index contributed by atoms with van der Waals surface area (Å²) in [6, 6.07) is 0. The molecule has 364 valence electrons. The van der Waals surface area contributed by atoms with Crippen LogP contribution in [-0.2, 0) is 41.7 Å². The van der Waals surface area contributed by atoms with Crippen molar-refractivity contribution in [2.45, 2.75) is 177 Å². The van der Waals surface area contributed by atoms with E-state index >= 15 is 0 Å². The van der Waals surface area contributed by atoms with Crippen LogP contribution in [0.25, 0.3) is 0 Å². The smallest absolute Gasteiger partial charge is 0.407 e. The van der Waals surface area contributed by atoms with Crippen molar-refractivity contribution in [3.63, 3.8) is 0 Å². The zero-order valence-electron chi connectivity index (χ0n) is 40.5. The molecule has 0 saturated heterocycles. The number of aromatic nitrogens is 3. The second kappa shape index (κ2) is 25.7. The Morgan fingerprint density at radius 1 is 0.969 bits per heavy atom. The van der Waals surface area contributed by atoms with Crippen LogP contribution >= 0.6 is 21.6 Å². The molecule has 3 saturated carbocycles. The lowest BCUT2D eigenvalue weighted by atomic mass is 9.47. The highest BCUT2D eigenvalue weighted by atomic mass is 33.1. The van der Waals surface area contributed by atoms with E-state index in [-0.39, 0.29) is 35.9 Å². The van der Waals surface area contributed by atoms with Crippen LogP contribution in [0.1, 0.15) is 163 Å². The number of carbonyl (C=O) groups is 3. The lowest BCUT2D eigenvalue weighted by Crippen LogP contribution is -2.51. The number of carboxylic acid groups (broad SMARTS) is 1. The van der Waals surface area contributed by atoms with Crippen LogP contribution in [0.5, 0.6) is 0 Å². The molecule has 4 aliphatic rings. The van der Waals surface area contributed by atoms with E-state index in [9.17, 15) is 14.4 Å². The Labute approximate surface area is 393 Å². The van der Waals surface area contributed by atoms with Gasteiger partial charge in [0.1, 0.15) is 11.8 Å². The van der Waals surface area contributed by atoms with Crippen LogP contribution in [0, 0.1) is 51.8 Å². The number of allylic oxidation sites excluding steroid dienone is 1. The molecule has 1 aromatic heterocycles. The van der Waals surface area contributed by atoms with Crippen molar-refractivity contribution in [3.8, 4) is 0 Å². The van der Waals surface area contributed by atoms with Gasteiger partial charge in [0, 0.05) is 43.0 Å². The first-order valence-corrected chi connectivity index (χ1v) is 27.4. The van der Waals surface area contributed by atoms with Gasteiger partial charge in [-0.3, -0.25) is 14.3 Å². The predicted octanol–water partition coefficient (Wildman–Crippen LogP) is 11.3. The van der Waals surface area contributed by atoms with Gasteiger partial charge in [0.05, 0.1) is 45.5 Å². The Hall–Kier alpha value is -2.29. The number of carbonyl (C=O) groups excluding carboxylic acids is 2. The summed E-state index contributed by atoms with van der Waals surface area (Å²) in [7, 11) is 3.58. The molecule has 14 heteroatoms. The van der Waals surface area contributed by atoms with Gasteiger partial charge in [0.15, 0.2) is 0 Å². The Morgan fingerprint density at radius 2 is 1.80 bits per heavy atom. The van der Waals surface area contributed by atoms with E-state index in [4.69, 9.17) is 24.1 Å². The molecule has 1 heterocycles. The lowest BCUT2D eigenvalue weighted by molar-refractivity contribution is -0.147.